The number of hydrogen-bond donors (Lipinski definition) is 3. The fourth-order valence-corrected chi connectivity index (χ4v) is 4.20. The minimum Gasteiger partial charge on any atom is -0.459 e. The van der Waals surface area contributed by atoms with Gasteiger partial charge in [-0.1, -0.05) is 74.5 Å². The minimum atomic E-state index is -0.939. The second-order valence-corrected chi connectivity index (χ2v) is 10.1. The van der Waals surface area contributed by atoms with Crippen LogP contribution in [0.5, 0.6) is 0 Å². The number of rotatable bonds is 16. The van der Waals surface area contributed by atoms with E-state index in [1.807, 2.05) is 80.8 Å². The molecule has 2 aromatic rings. The normalized spacial score (nSPS) is 13.2. The van der Waals surface area contributed by atoms with Crippen molar-refractivity contribution in [2.24, 2.45) is 5.92 Å². The van der Waals surface area contributed by atoms with Gasteiger partial charge in [-0.2, -0.15) is 11.8 Å². The van der Waals surface area contributed by atoms with Crippen LogP contribution >= 0.6 is 11.8 Å². The van der Waals surface area contributed by atoms with Gasteiger partial charge in [-0.05, 0) is 41.9 Å². The fourth-order valence-electron chi connectivity index (χ4n) is 3.73. The maximum absolute atomic E-state index is 13.4. The van der Waals surface area contributed by atoms with Crippen LogP contribution in [-0.2, 0) is 36.9 Å². The Morgan fingerprint density at radius 1 is 0.865 bits per heavy atom. The average Bonchev–Trinajstić information content (AvgIpc) is 2.89. The molecule has 0 bridgehead atoms. The van der Waals surface area contributed by atoms with Crippen molar-refractivity contribution in [3.63, 3.8) is 0 Å². The SMILES string of the molecule is CSCC[C@H](NC=O)C(=O)N[C@@H](CC(C)C)C(=O)N[C@@H](Cc1ccccc1)C(=O)OCc1ccccc1. The van der Waals surface area contributed by atoms with Crippen LogP contribution in [0.25, 0.3) is 0 Å². The summed E-state index contributed by atoms with van der Waals surface area (Å²) in [4.78, 5) is 50.3. The molecule has 0 radical (unpaired) electrons. The Kier molecular flexibility index (Phi) is 13.3. The molecular formula is C28H37N3O5S. The van der Waals surface area contributed by atoms with Crippen LogP contribution in [0.15, 0.2) is 60.7 Å². The van der Waals surface area contributed by atoms with Crippen molar-refractivity contribution in [1.29, 1.82) is 0 Å². The lowest BCUT2D eigenvalue weighted by atomic mass is 10.0. The summed E-state index contributed by atoms with van der Waals surface area (Å²) < 4.78 is 5.53. The number of carbonyl (C=O) groups excluding carboxylic acids is 4. The maximum atomic E-state index is 13.4. The number of nitrogens with one attached hydrogen (secondary N) is 3. The second kappa shape index (κ2) is 16.4. The zero-order valence-electron chi connectivity index (χ0n) is 21.6. The molecule has 2 rings (SSSR count). The van der Waals surface area contributed by atoms with E-state index in [1.54, 1.807) is 11.8 Å². The molecule has 37 heavy (non-hydrogen) atoms. The topological polar surface area (TPSA) is 114 Å². The van der Waals surface area contributed by atoms with Gasteiger partial charge in [-0.15, -0.1) is 0 Å². The monoisotopic (exact) mass is 527 g/mol. The number of benzene rings is 2. The summed E-state index contributed by atoms with van der Waals surface area (Å²) in [6, 6.07) is 16.1. The highest BCUT2D eigenvalue weighted by Crippen LogP contribution is 2.11. The molecule has 3 amide bonds. The van der Waals surface area contributed by atoms with Crippen molar-refractivity contribution in [1.82, 2.24) is 16.0 Å². The Balaban J connectivity index is 2.16. The smallest absolute Gasteiger partial charge is 0.329 e. The number of amides is 3. The summed E-state index contributed by atoms with van der Waals surface area (Å²) in [6.07, 6.45) is 3.44. The van der Waals surface area contributed by atoms with Gasteiger partial charge in [-0.3, -0.25) is 14.4 Å². The molecule has 0 aromatic heterocycles. The molecule has 0 heterocycles. The second-order valence-electron chi connectivity index (χ2n) is 9.15. The summed E-state index contributed by atoms with van der Waals surface area (Å²) >= 11 is 1.56. The van der Waals surface area contributed by atoms with E-state index in [0.29, 0.717) is 25.0 Å². The summed E-state index contributed by atoms with van der Waals surface area (Å²) in [5.74, 6) is -0.706. The first-order valence-electron chi connectivity index (χ1n) is 12.4. The van der Waals surface area contributed by atoms with Crippen LogP contribution in [0, 0.1) is 5.92 Å². The molecule has 9 heteroatoms. The lowest BCUT2D eigenvalue weighted by molar-refractivity contribution is -0.149. The van der Waals surface area contributed by atoms with E-state index in [-0.39, 0.29) is 18.9 Å². The lowest BCUT2D eigenvalue weighted by Crippen LogP contribution is -2.56. The van der Waals surface area contributed by atoms with Gasteiger partial charge in [0.25, 0.3) is 0 Å². The first kappa shape index (κ1) is 29.9. The summed E-state index contributed by atoms with van der Waals surface area (Å²) in [7, 11) is 0. The zero-order chi connectivity index (χ0) is 27.0. The van der Waals surface area contributed by atoms with E-state index in [0.717, 1.165) is 11.1 Å². The van der Waals surface area contributed by atoms with Gasteiger partial charge in [0.2, 0.25) is 18.2 Å². The number of carbonyl (C=O) groups is 4. The summed E-state index contributed by atoms with van der Waals surface area (Å²) in [5, 5.41) is 8.11. The molecule has 0 aliphatic rings. The van der Waals surface area contributed by atoms with Crippen molar-refractivity contribution >= 4 is 36.0 Å². The van der Waals surface area contributed by atoms with Gasteiger partial charge in [0.05, 0.1) is 0 Å². The molecule has 3 atom stereocenters. The fraction of sp³-hybridized carbons (Fsp3) is 0.429. The molecule has 0 aliphatic carbocycles. The third-order valence-electron chi connectivity index (χ3n) is 5.64. The quantitative estimate of drug-likeness (QED) is 0.229. The van der Waals surface area contributed by atoms with E-state index >= 15 is 0 Å². The van der Waals surface area contributed by atoms with Crippen LogP contribution < -0.4 is 16.0 Å². The predicted octanol–water partition coefficient (Wildman–Crippen LogP) is 2.86. The predicted molar refractivity (Wildman–Crippen MR) is 146 cm³/mol. The van der Waals surface area contributed by atoms with Crippen LogP contribution in [0.2, 0.25) is 0 Å². The molecule has 0 saturated heterocycles. The first-order chi connectivity index (χ1) is 17.8. The Hall–Kier alpha value is -3.33. The molecule has 0 unspecified atom stereocenters. The molecule has 200 valence electrons. The zero-order valence-corrected chi connectivity index (χ0v) is 22.5. The number of esters is 1. The van der Waals surface area contributed by atoms with E-state index in [1.165, 1.54) is 0 Å². The molecule has 0 spiro atoms. The van der Waals surface area contributed by atoms with Crippen molar-refractivity contribution in [3.8, 4) is 0 Å². The number of hydrogen-bond acceptors (Lipinski definition) is 6. The van der Waals surface area contributed by atoms with E-state index in [2.05, 4.69) is 16.0 Å². The van der Waals surface area contributed by atoms with Crippen molar-refractivity contribution in [2.75, 3.05) is 12.0 Å². The van der Waals surface area contributed by atoms with Crippen molar-refractivity contribution in [2.45, 2.75) is 57.8 Å². The summed E-state index contributed by atoms with van der Waals surface area (Å²) in [5.41, 5.74) is 1.70. The molecule has 3 N–H and O–H groups in total. The van der Waals surface area contributed by atoms with E-state index in [4.69, 9.17) is 4.74 Å². The Morgan fingerprint density at radius 2 is 1.43 bits per heavy atom. The lowest BCUT2D eigenvalue weighted by Gasteiger charge is -2.25. The van der Waals surface area contributed by atoms with Gasteiger partial charge >= 0.3 is 5.97 Å². The van der Waals surface area contributed by atoms with Crippen molar-refractivity contribution < 1.29 is 23.9 Å². The molecule has 0 aliphatic heterocycles. The third-order valence-corrected chi connectivity index (χ3v) is 6.29. The Morgan fingerprint density at radius 3 is 2.00 bits per heavy atom. The Bertz CT molecular complexity index is 988. The molecule has 8 nitrogen and oxygen atoms in total. The van der Waals surface area contributed by atoms with E-state index < -0.39 is 35.9 Å². The van der Waals surface area contributed by atoms with Gasteiger partial charge in [0, 0.05) is 6.42 Å². The van der Waals surface area contributed by atoms with Gasteiger partial charge < -0.3 is 20.7 Å². The van der Waals surface area contributed by atoms with Gasteiger partial charge in [-0.25, -0.2) is 4.79 Å². The van der Waals surface area contributed by atoms with Crippen molar-refractivity contribution in [3.05, 3.63) is 71.8 Å². The number of thioether (sulfide) groups is 1. The largest absolute Gasteiger partial charge is 0.459 e. The molecular weight excluding hydrogens is 490 g/mol. The molecule has 0 saturated carbocycles. The first-order valence-corrected chi connectivity index (χ1v) is 13.8. The highest BCUT2D eigenvalue weighted by atomic mass is 32.2. The van der Waals surface area contributed by atoms with Crippen LogP contribution in [0.4, 0.5) is 0 Å². The average molecular weight is 528 g/mol. The van der Waals surface area contributed by atoms with Crippen LogP contribution in [0.3, 0.4) is 0 Å². The standard InChI is InChI=1S/C28H37N3O5S/c1-20(2)16-24(30-26(33)23(29-19-32)14-15-37-3)27(34)31-25(17-21-10-6-4-7-11-21)28(35)36-18-22-12-8-5-9-13-22/h4-13,19-20,23-25H,14-18H2,1-3H3,(H,29,32)(H,30,33)(H,31,34)/t23-,24-,25-/m0/s1. The Labute approximate surface area is 223 Å². The maximum Gasteiger partial charge on any atom is 0.329 e. The number of ether oxygens (including phenoxy) is 1. The molecule has 2 aromatic carbocycles. The van der Waals surface area contributed by atoms with Gasteiger partial charge in [0.1, 0.15) is 24.7 Å². The highest BCUT2D eigenvalue weighted by molar-refractivity contribution is 7.98. The minimum absolute atomic E-state index is 0.0848. The van der Waals surface area contributed by atoms with Gasteiger partial charge in [0.15, 0.2) is 0 Å². The molecule has 0 fully saturated rings. The third kappa shape index (κ3) is 11.1. The van der Waals surface area contributed by atoms with Crippen LogP contribution in [-0.4, -0.2) is 54.3 Å². The van der Waals surface area contributed by atoms with Crippen LogP contribution in [0.1, 0.15) is 37.8 Å². The summed E-state index contributed by atoms with van der Waals surface area (Å²) in [6.45, 7) is 3.97. The van der Waals surface area contributed by atoms with E-state index in [9.17, 15) is 19.2 Å². The highest BCUT2D eigenvalue weighted by Gasteiger charge is 2.30.